The summed E-state index contributed by atoms with van der Waals surface area (Å²) in [5.74, 6) is 0.202. The van der Waals surface area contributed by atoms with Gasteiger partial charge in [0.1, 0.15) is 0 Å². The topological polar surface area (TPSA) is 26.3 Å². The highest BCUT2D eigenvalue weighted by Gasteiger charge is 2.37. The van der Waals surface area contributed by atoms with Crippen LogP contribution in [0.2, 0.25) is 18.1 Å². The van der Waals surface area contributed by atoms with Gasteiger partial charge in [0.25, 0.3) is 0 Å². The minimum absolute atomic E-state index is 0.159. The van der Waals surface area contributed by atoms with Crippen LogP contribution < -0.4 is 0 Å². The zero-order valence-electron chi connectivity index (χ0n) is 12.8. The lowest BCUT2D eigenvalue weighted by Gasteiger charge is -2.35. The first kappa shape index (κ1) is 16.1. The lowest BCUT2D eigenvalue weighted by molar-refractivity contribution is -0.121. The number of ketones is 1. The monoisotopic (exact) mass is 278 g/mol. The van der Waals surface area contributed by atoms with Gasteiger partial charge in [-0.05, 0) is 30.1 Å². The zero-order valence-corrected chi connectivity index (χ0v) is 13.8. The molecule has 3 heteroatoms. The van der Waals surface area contributed by atoms with E-state index in [0.717, 1.165) is 6.42 Å². The van der Waals surface area contributed by atoms with Crippen molar-refractivity contribution in [2.24, 2.45) is 0 Å². The standard InChI is InChI=1S/C16H26O2Si/c1-16(2,3)19(4,5)18-13-15(17)12-11-14-9-7-6-8-10-14/h6-10H,11-13H2,1-5H3. The molecule has 0 saturated heterocycles. The average Bonchev–Trinajstić information content (AvgIpc) is 2.34. The Hall–Kier alpha value is -0.933. The molecule has 1 rings (SSSR count). The summed E-state index contributed by atoms with van der Waals surface area (Å²) in [6, 6.07) is 10.1. The minimum Gasteiger partial charge on any atom is -0.410 e. The molecule has 0 spiro atoms. The van der Waals surface area contributed by atoms with Crippen LogP contribution in [0.25, 0.3) is 0 Å². The van der Waals surface area contributed by atoms with E-state index in [1.807, 2.05) is 18.2 Å². The number of hydrogen-bond acceptors (Lipinski definition) is 2. The summed E-state index contributed by atoms with van der Waals surface area (Å²) in [7, 11) is -1.80. The normalized spacial score (nSPS) is 12.5. The maximum Gasteiger partial charge on any atom is 0.192 e. The van der Waals surface area contributed by atoms with Crippen molar-refractivity contribution in [2.45, 2.75) is 51.7 Å². The van der Waals surface area contributed by atoms with Crippen LogP contribution in [0.3, 0.4) is 0 Å². The number of benzene rings is 1. The fourth-order valence-electron chi connectivity index (χ4n) is 1.48. The lowest BCUT2D eigenvalue weighted by atomic mass is 10.1. The Morgan fingerprint density at radius 3 is 2.26 bits per heavy atom. The van der Waals surface area contributed by atoms with E-state index in [1.165, 1.54) is 5.56 Å². The smallest absolute Gasteiger partial charge is 0.192 e. The number of aryl methyl sites for hydroxylation is 1. The van der Waals surface area contributed by atoms with Gasteiger partial charge in [0, 0.05) is 6.42 Å². The molecule has 1 aromatic rings. The van der Waals surface area contributed by atoms with Crippen LogP contribution in [0.4, 0.5) is 0 Å². The van der Waals surface area contributed by atoms with E-state index in [1.54, 1.807) is 0 Å². The second-order valence-corrected chi connectivity index (χ2v) is 11.4. The number of carbonyl (C=O) groups is 1. The Morgan fingerprint density at radius 1 is 1.16 bits per heavy atom. The molecule has 0 amide bonds. The van der Waals surface area contributed by atoms with Gasteiger partial charge in [-0.15, -0.1) is 0 Å². The van der Waals surface area contributed by atoms with Gasteiger partial charge < -0.3 is 4.43 Å². The van der Waals surface area contributed by atoms with E-state index >= 15 is 0 Å². The maximum absolute atomic E-state index is 11.9. The third-order valence-electron chi connectivity index (χ3n) is 3.94. The molecule has 2 nitrogen and oxygen atoms in total. The first-order valence-corrected chi connectivity index (χ1v) is 9.83. The first-order chi connectivity index (χ1) is 8.72. The molecule has 0 atom stereocenters. The third-order valence-corrected chi connectivity index (χ3v) is 8.41. The van der Waals surface area contributed by atoms with Gasteiger partial charge in [0.2, 0.25) is 0 Å². The van der Waals surface area contributed by atoms with Crippen molar-refractivity contribution < 1.29 is 9.22 Å². The first-order valence-electron chi connectivity index (χ1n) is 6.92. The van der Waals surface area contributed by atoms with Crippen molar-refractivity contribution in [2.75, 3.05) is 6.61 Å². The second kappa shape index (κ2) is 6.48. The number of hydrogen-bond donors (Lipinski definition) is 0. The molecule has 0 heterocycles. The fraction of sp³-hybridized carbons (Fsp3) is 0.562. The van der Waals surface area contributed by atoms with Gasteiger partial charge >= 0.3 is 0 Å². The van der Waals surface area contributed by atoms with Crippen LogP contribution in [-0.4, -0.2) is 20.7 Å². The molecule has 106 valence electrons. The summed E-state index contributed by atoms with van der Waals surface area (Å²) in [5, 5.41) is 0.159. The molecule has 0 aliphatic rings. The van der Waals surface area contributed by atoms with E-state index in [-0.39, 0.29) is 17.4 Å². The van der Waals surface area contributed by atoms with Gasteiger partial charge in [0.05, 0.1) is 6.61 Å². The number of Topliss-reactive ketones (excluding diaryl/α,β-unsaturated/α-hetero) is 1. The second-order valence-electron chi connectivity index (χ2n) is 6.57. The van der Waals surface area contributed by atoms with Crippen molar-refractivity contribution >= 4 is 14.1 Å². The fourth-order valence-corrected chi connectivity index (χ4v) is 2.43. The average molecular weight is 278 g/mol. The molecule has 0 aromatic heterocycles. The Balaban J connectivity index is 2.37. The molecule has 0 aliphatic heterocycles. The number of rotatable bonds is 6. The van der Waals surface area contributed by atoms with Crippen LogP contribution in [0, 0.1) is 0 Å². The van der Waals surface area contributed by atoms with Crippen LogP contribution in [-0.2, 0) is 15.6 Å². The van der Waals surface area contributed by atoms with E-state index < -0.39 is 8.32 Å². The van der Waals surface area contributed by atoms with E-state index in [9.17, 15) is 4.79 Å². The minimum atomic E-state index is -1.80. The molecule has 1 aromatic carbocycles. The van der Waals surface area contributed by atoms with E-state index in [2.05, 4.69) is 46.0 Å². The SMILES string of the molecule is CC(C)(C)[Si](C)(C)OCC(=O)CCc1ccccc1. The highest BCUT2D eigenvalue weighted by molar-refractivity contribution is 6.74. The Labute approximate surface area is 118 Å². The molecule has 0 bridgehead atoms. The predicted octanol–water partition coefficient (Wildman–Crippen LogP) is 4.21. The highest BCUT2D eigenvalue weighted by atomic mass is 28.4. The largest absolute Gasteiger partial charge is 0.410 e. The van der Waals surface area contributed by atoms with Crippen LogP contribution >= 0.6 is 0 Å². The van der Waals surface area contributed by atoms with Crippen LogP contribution in [0.5, 0.6) is 0 Å². The Morgan fingerprint density at radius 2 is 1.74 bits per heavy atom. The summed E-state index contributed by atoms with van der Waals surface area (Å²) >= 11 is 0. The molecule has 0 unspecified atom stereocenters. The van der Waals surface area contributed by atoms with E-state index in [4.69, 9.17) is 4.43 Å². The van der Waals surface area contributed by atoms with Gasteiger partial charge in [-0.1, -0.05) is 51.1 Å². The van der Waals surface area contributed by atoms with Crippen molar-refractivity contribution in [1.82, 2.24) is 0 Å². The molecular formula is C16H26O2Si. The molecule has 0 aliphatic carbocycles. The van der Waals surface area contributed by atoms with Gasteiger partial charge in [-0.25, -0.2) is 0 Å². The molecular weight excluding hydrogens is 252 g/mol. The highest BCUT2D eigenvalue weighted by Crippen LogP contribution is 2.36. The summed E-state index contributed by atoms with van der Waals surface area (Å²) in [5.41, 5.74) is 1.21. The Bertz CT molecular complexity index is 405. The number of carbonyl (C=O) groups excluding carboxylic acids is 1. The zero-order chi connectivity index (χ0) is 14.5. The van der Waals surface area contributed by atoms with Crippen molar-refractivity contribution in [3.05, 3.63) is 35.9 Å². The Kier molecular flexibility index (Phi) is 5.50. The van der Waals surface area contributed by atoms with Crippen molar-refractivity contribution in [1.29, 1.82) is 0 Å². The summed E-state index contributed by atoms with van der Waals surface area (Å²) < 4.78 is 5.93. The summed E-state index contributed by atoms with van der Waals surface area (Å²) in [4.78, 5) is 11.9. The molecule has 19 heavy (non-hydrogen) atoms. The lowest BCUT2D eigenvalue weighted by Crippen LogP contribution is -2.42. The van der Waals surface area contributed by atoms with Gasteiger partial charge in [-0.2, -0.15) is 0 Å². The van der Waals surface area contributed by atoms with Crippen molar-refractivity contribution in [3.63, 3.8) is 0 Å². The van der Waals surface area contributed by atoms with Crippen LogP contribution in [0.15, 0.2) is 30.3 Å². The van der Waals surface area contributed by atoms with E-state index in [0.29, 0.717) is 6.42 Å². The predicted molar refractivity (Wildman–Crippen MR) is 82.9 cm³/mol. The molecule has 0 N–H and O–H groups in total. The molecule has 0 radical (unpaired) electrons. The quantitative estimate of drug-likeness (QED) is 0.729. The van der Waals surface area contributed by atoms with Gasteiger partial charge in [-0.3, -0.25) is 4.79 Å². The molecule has 0 fully saturated rings. The summed E-state index contributed by atoms with van der Waals surface area (Å²) in [6.45, 7) is 11.2. The molecule has 0 saturated carbocycles. The summed E-state index contributed by atoms with van der Waals surface area (Å²) in [6.07, 6.45) is 1.37. The van der Waals surface area contributed by atoms with Crippen LogP contribution in [0.1, 0.15) is 32.8 Å². The van der Waals surface area contributed by atoms with Gasteiger partial charge in [0.15, 0.2) is 14.1 Å². The van der Waals surface area contributed by atoms with Crippen molar-refractivity contribution in [3.8, 4) is 0 Å². The third kappa shape index (κ3) is 5.29. The maximum atomic E-state index is 11.9.